The molecule has 1 aliphatic heterocycles. The van der Waals surface area contributed by atoms with Gasteiger partial charge in [-0.1, -0.05) is 18.3 Å². The molecule has 0 aliphatic carbocycles. The van der Waals surface area contributed by atoms with Gasteiger partial charge in [0.1, 0.15) is 5.82 Å². The summed E-state index contributed by atoms with van der Waals surface area (Å²) in [5.74, 6) is 0.0773. The number of aromatic nitrogens is 3. The lowest BCUT2D eigenvalue weighted by Gasteiger charge is -2.33. The zero-order valence-electron chi connectivity index (χ0n) is 12.7. The maximum Gasteiger partial charge on any atom is 0.214 e. The molecular formula is C16H17FN4OS. The molecule has 3 heterocycles. The van der Waals surface area contributed by atoms with Crippen LogP contribution < -0.4 is 4.90 Å². The lowest BCUT2D eigenvalue weighted by Crippen LogP contribution is -2.42. The third-order valence-corrected chi connectivity index (χ3v) is 5.35. The molecule has 3 aromatic rings. The number of aliphatic hydroxyl groups is 1. The zero-order chi connectivity index (χ0) is 16.0. The van der Waals surface area contributed by atoms with Gasteiger partial charge in [-0.05, 0) is 36.6 Å². The van der Waals surface area contributed by atoms with Crippen LogP contribution in [0.2, 0.25) is 0 Å². The van der Waals surface area contributed by atoms with Crippen molar-refractivity contribution in [2.24, 2.45) is 5.92 Å². The quantitative estimate of drug-likeness (QED) is 0.784. The van der Waals surface area contributed by atoms with E-state index in [4.69, 9.17) is 0 Å². The van der Waals surface area contributed by atoms with E-state index >= 15 is 0 Å². The van der Waals surface area contributed by atoms with Gasteiger partial charge in [0.05, 0.1) is 18.0 Å². The number of nitrogens with zero attached hydrogens (tertiary/aromatic N) is 4. The van der Waals surface area contributed by atoms with E-state index in [2.05, 4.69) is 21.9 Å². The molecule has 0 spiro atoms. The smallest absolute Gasteiger partial charge is 0.214 e. The van der Waals surface area contributed by atoms with Gasteiger partial charge >= 0.3 is 0 Å². The summed E-state index contributed by atoms with van der Waals surface area (Å²) in [6.07, 6.45) is 2.50. The van der Waals surface area contributed by atoms with Gasteiger partial charge in [0, 0.05) is 18.7 Å². The van der Waals surface area contributed by atoms with Crippen LogP contribution in [-0.2, 0) is 0 Å². The molecule has 1 saturated heterocycles. The topological polar surface area (TPSA) is 53.7 Å². The Morgan fingerprint density at radius 3 is 2.78 bits per heavy atom. The molecule has 1 aromatic carbocycles. The van der Waals surface area contributed by atoms with Crippen molar-refractivity contribution in [1.29, 1.82) is 0 Å². The number of fused-ring (bicyclic) bond motifs is 1. The minimum absolute atomic E-state index is 0.256. The van der Waals surface area contributed by atoms with Crippen molar-refractivity contribution < 1.29 is 9.50 Å². The molecule has 2 unspecified atom stereocenters. The molecule has 0 radical (unpaired) electrons. The van der Waals surface area contributed by atoms with Gasteiger partial charge in [0.2, 0.25) is 10.1 Å². The van der Waals surface area contributed by atoms with Crippen LogP contribution in [0, 0.1) is 11.7 Å². The second-order valence-corrected chi connectivity index (χ2v) is 6.96. The minimum Gasteiger partial charge on any atom is -0.391 e. The second kappa shape index (κ2) is 5.58. The molecule has 5 nitrogen and oxygen atoms in total. The predicted octanol–water partition coefficient (Wildman–Crippen LogP) is 2.80. The van der Waals surface area contributed by atoms with Crippen LogP contribution in [0.25, 0.3) is 16.2 Å². The Balaban J connectivity index is 1.60. The van der Waals surface area contributed by atoms with Gasteiger partial charge in [0.15, 0.2) is 0 Å². The Bertz CT molecular complexity index is 797. The number of benzene rings is 1. The van der Waals surface area contributed by atoms with Crippen LogP contribution in [0.1, 0.15) is 13.3 Å². The molecule has 23 heavy (non-hydrogen) atoms. The van der Waals surface area contributed by atoms with Crippen LogP contribution in [-0.4, -0.2) is 38.9 Å². The fraction of sp³-hybridized carbons (Fsp3) is 0.375. The van der Waals surface area contributed by atoms with E-state index in [0.29, 0.717) is 12.5 Å². The van der Waals surface area contributed by atoms with Crippen molar-refractivity contribution in [2.75, 3.05) is 18.0 Å². The number of rotatable bonds is 2. The van der Waals surface area contributed by atoms with Crippen LogP contribution >= 0.6 is 11.3 Å². The van der Waals surface area contributed by atoms with E-state index in [9.17, 15) is 9.50 Å². The Hall–Kier alpha value is -1.99. The SMILES string of the molecule is CC1CCN(c2nn3cc(-c4ccc(F)cc4)nc3s2)CC1O. The van der Waals surface area contributed by atoms with Crippen molar-refractivity contribution in [1.82, 2.24) is 14.6 Å². The highest BCUT2D eigenvalue weighted by Crippen LogP contribution is 2.29. The van der Waals surface area contributed by atoms with Gasteiger partial charge < -0.3 is 10.0 Å². The maximum atomic E-state index is 13.0. The summed E-state index contributed by atoms with van der Waals surface area (Å²) in [5.41, 5.74) is 1.65. The monoisotopic (exact) mass is 332 g/mol. The highest BCUT2D eigenvalue weighted by molar-refractivity contribution is 7.20. The van der Waals surface area contributed by atoms with E-state index in [1.54, 1.807) is 16.6 Å². The van der Waals surface area contributed by atoms with Gasteiger partial charge in [-0.15, -0.1) is 5.10 Å². The fourth-order valence-corrected chi connectivity index (χ4v) is 3.72. The Kier molecular flexibility index (Phi) is 3.54. The van der Waals surface area contributed by atoms with Gasteiger partial charge in [-0.2, -0.15) is 0 Å². The normalized spacial score (nSPS) is 22.0. The van der Waals surface area contributed by atoms with E-state index in [1.807, 2.05) is 6.20 Å². The van der Waals surface area contributed by atoms with Crippen LogP contribution in [0.15, 0.2) is 30.5 Å². The molecular weight excluding hydrogens is 315 g/mol. The van der Waals surface area contributed by atoms with Crippen molar-refractivity contribution in [3.05, 3.63) is 36.3 Å². The zero-order valence-corrected chi connectivity index (χ0v) is 13.5. The summed E-state index contributed by atoms with van der Waals surface area (Å²) >= 11 is 1.51. The number of halogens is 1. The molecule has 0 bridgehead atoms. The van der Waals surface area contributed by atoms with Crippen molar-refractivity contribution in [3.8, 4) is 11.3 Å². The largest absolute Gasteiger partial charge is 0.391 e. The third-order valence-electron chi connectivity index (χ3n) is 4.36. The summed E-state index contributed by atoms with van der Waals surface area (Å²) in [4.78, 5) is 7.48. The minimum atomic E-state index is -0.310. The standard InChI is InChI=1S/C16H17FN4OS/c1-10-6-7-20(9-14(10)22)16-19-21-8-13(18-15(21)23-16)11-2-4-12(17)5-3-11/h2-5,8,10,14,22H,6-7,9H2,1H3. The van der Waals surface area contributed by atoms with E-state index < -0.39 is 0 Å². The maximum absolute atomic E-state index is 13.0. The molecule has 0 amide bonds. The molecule has 7 heteroatoms. The molecule has 1 fully saturated rings. The average molecular weight is 332 g/mol. The number of imidazole rings is 1. The van der Waals surface area contributed by atoms with Gasteiger partial charge in [-0.3, -0.25) is 0 Å². The number of hydrogen-bond acceptors (Lipinski definition) is 5. The summed E-state index contributed by atoms with van der Waals surface area (Å²) in [7, 11) is 0. The van der Waals surface area contributed by atoms with E-state index in [-0.39, 0.29) is 11.9 Å². The molecule has 2 aromatic heterocycles. The summed E-state index contributed by atoms with van der Waals surface area (Å²) in [6.45, 7) is 3.59. The lowest BCUT2D eigenvalue weighted by molar-refractivity contribution is 0.103. The van der Waals surface area contributed by atoms with Gasteiger partial charge in [0.25, 0.3) is 0 Å². The average Bonchev–Trinajstić information content (AvgIpc) is 3.09. The number of piperidine rings is 1. The highest BCUT2D eigenvalue weighted by atomic mass is 32.1. The molecule has 1 N–H and O–H groups in total. The Morgan fingerprint density at radius 1 is 1.30 bits per heavy atom. The number of anilines is 1. The summed E-state index contributed by atoms with van der Waals surface area (Å²) in [6, 6.07) is 6.28. The first kappa shape index (κ1) is 14.6. The van der Waals surface area contributed by atoms with Crippen molar-refractivity contribution in [2.45, 2.75) is 19.4 Å². The number of aliphatic hydroxyl groups excluding tert-OH is 1. The second-order valence-electron chi connectivity index (χ2n) is 6.02. The lowest BCUT2D eigenvalue weighted by atomic mass is 9.96. The number of hydrogen-bond donors (Lipinski definition) is 1. The number of β-amino-alcohol motifs (C(OH)–C–C–N with tert-alkyl or cyclic N) is 1. The first-order valence-corrected chi connectivity index (χ1v) is 8.47. The molecule has 0 saturated carbocycles. The molecule has 120 valence electrons. The Morgan fingerprint density at radius 2 is 2.09 bits per heavy atom. The molecule has 2 atom stereocenters. The van der Waals surface area contributed by atoms with E-state index in [1.165, 1.54) is 23.5 Å². The third kappa shape index (κ3) is 2.70. The molecule has 4 rings (SSSR count). The first-order chi connectivity index (χ1) is 11.1. The highest BCUT2D eigenvalue weighted by Gasteiger charge is 2.26. The van der Waals surface area contributed by atoms with Crippen molar-refractivity contribution >= 4 is 21.4 Å². The van der Waals surface area contributed by atoms with Crippen LogP contribution in [0.4, 0.5) is 9.52 Å². The predicted molar refractivity (Wildman–Crippen MR) is 88.3 cm³/mol. The van der Waals surface area contributed by atoms with Gasteiger partial charge in [-0.25, -0.2) is 13.9 Å². The van der Waals surface area contributed by atoms with Crippen molar-refractivity contribution in [3.63, 3.8) is 0 Å². The summed E-state index contributed by atoms with van der Waals surface area (Å²) < 4.78 is 14.8. The van der Waals surface area contributed by atoms with Crippen LogP contribution in [0.5, 0.6) is 0 Å². The van der Waals surface area contributed by atoms with Crippen LogP contribution in [0.3, 0.4) is 0 Å². The first-order valence-electron chi connectivity index (χ1n) is 7.65. The molecule has 1 aliphatic rings. The Labute approximate surface area is 137 Å². The fourth-order valence-electron chi connectivity index (χ4n) is 2.80. The van der Waals surface area contributed by atoms with E-state index in [0.717, 1.165) is 34.3 Å². The summed E-state index contributed by atoms with van der Waals surface area (Å²) in [5, 5.41) is 15.5.